The summed E-state index contributed by atoms with van der Waals surface area (Å²) >= 11 is 35.3. The maximum atomic E-state index is 10.7. The number of rotatable bonds is 0. The number of hydrogen-bond acceptors (Lipinski definition) is 1. The van der Waals surface area contributed by atoms with E-state index in [2.05, 4.69) is 159 Å². The van der Waals surface area contributed by atoms with Crippen LogP contribution in [0.5, 0.6) is 0 Å². The van der Waals surface area contributed by atoms with Crippen LogP contribution in [0.1, 0.15) is 0 Å². The average Bonchev–Trinajstić information content (AvgIpc) is 2.13. The molecule has 1 N–H and O–H groups in total. The summed E-state index contributed by atoms with van der Waals surface area (Å²) in [6.45, 7) is 0. The third kappa shape index (κ3) is 2.62. The smallest absolute Gasteiger partial charge is 0.161 e. The highest BCUT2D eigenvalue weighted by atomic mass is 79.9. The summed E-state index contributed by atoms with van der Waals surface area (Å²) in [6, 6.07) is 0. The molecule has 0 saturated heterocycles. The van der Waals surface area contributed by atoms with E-state index in [0.29, 0.717) is 0 Å². The van der Waals surface area contributed by atoms with Crippen molar-refractivity contribution in [3.8, 4) is 0 Å². The van der Waals surface area contributed by atoms with E-state index in [-0.39, 0.29) is 0 Å². The van der Waals surface area contributed by atoms with Crippen LogP contribution >= 0.6 is 159 Å². The Morgan fingerprint density at radius 2 is 1.00 bits per heavy atom. The molecule has 1 saturated carbocycles. The molecule has 0 aromatic heterocycles. The summed E-state index contributed by atoms with van der Waals surface area (Å²) in [4.78, 5) is -0.414. The van der Waals surface area contributed by atoms with Crippen molar-refractivity contribution in [1.29, 1.82) is 0 Å². The zero-order chi connectivity index (χ0) is 14.1. The maximum absolute atomic E-state index is 10.7. The van der Waals surface area contributed by atoms with Crippen LogP contribution in [-0.2, 0) is 0 Å². The Bertz CT molecular complexity index is 304. The van der Waals surface area contributed by atoms with E-state index in [1.165, 1.54) is 0 Å². The van der Waals surface area contributed by atoms with E-state index in [1.54, 1.807) is 0 Å². The van der Waals surface area contributed by atoms with E-state index < -0.39 is 22.3 Å². The van der Waals surface area contributed by atoms with Gasteiger partial charge >= 0.3 is 0 Å². The average molecular weight is 889 g/mol. The van der Waals surface area contributed by atoms with Gasteiger partial charge in [-0.1, -0.05) is 159 Å². The van der Waals surface area contributed by atoms with Crippen molar-refractivity contribution in [2.75, 3.05) is 0 Å². The van der Waals surface area contributed by atoms with Gasteiger partial charge < -0.3 is 5.11 Å². The minimum absolute atomic E-state index is 0.414. The molecule has 1 aliphatic carbocycles. The molecule has 0 aromatic carbocycles. The van der Waals surface area contributed by atoms with Crippen LogP contribution in [0.4, 0.5) is 0 Å². The van der Waals surface area contributed by atoms with E-state index in [1.807, 2.05) is 0 Å². The Balaban J connectivity index is 3.56. The van der Waals surface area contributed by atoms with Gasteiger partial charge in [-0.25, -0.2) is 0 Å². The van der Waals surface area contributed by atoms with Crippen molar-refractivity contribution in [2.24, 2.45) is 0 Å². The van der Waals surface area contributed by atoms with Crippen LogP contribution in [0.25, 0.3) is 0 Å². The van der Waals surface area contributed by atoms with Crippen molar-refractivity contribution >= 4 is 159 Å². The number of hydrogen-bond donors (Lipinski definition) is 1. The molecule has 0 radical (unpaired) electrons. The van der Waals surface area contributed by atoms with Gasteiger partial charge in [0, 0.05) is 0 Å². The summed E-state index contributed by atoms with van der Waals surface area (Å²) in [5, 5.41) is 10.7. The van der Waals surface area contributed by atoms with Crippen molar-refractivity contribution < 1.29 is 5.11 Å². The van der Waals surface area contributed by atoms with Gasteiger partial charge in [0.05, 0.1) is 4.83 Å². The Morgan fingerprint density at radius 1 is 0.647 bits per heavy atom. The number of aliphatic hydroxyl groups is 1. The van der Waals surface area contributed by atoms with Gasteiger partial charge in [0.25, 0.3) is 0 Å². The van der Waals surface area contributed by atoms with Gasteiger partial charge in [-0.3, -0.25) is 0 Å². The SMILES string of the molecule is OC1(Br)C(Br)C(Br)(Br)C(Br)(Br)C(Br)(Br)C1(Br)Br. The van der Waals surface area contributed by atoms with Gasteiger partial charge in [0.2, 0.25) is 0 Å². The first-order valence-corrected chi connectivity index (χ1v) is 11.8. The lowest BCUT2D eigenvalue weighted by molar-refractivity contribution is 0.111. The molecule has 17 heavy (non-hydrogen) atoms. The van der Waals surface area contributed by atoms with Crippen LogP contribution < -0.4 is 0 Å². The van der Waals surface area contributed by atoms with Crippen LogP contribution in [-0.4, -0.2) is 27.4 Å². The minimum Gasteiger partial charge on any atom is -0.375 e. The standard InChI is InChI=1S/C6H2Br10O/c7-1-2(8,9)4(11,12)6(15,16)5(13,14)3(1,10)17/h1,17H. The Kier molecular flexibility index (Phi) is 6.62. The molecule has 1 aliphatic rings. The van der Waals surface area contributed by atoms with Crippen LogP contribution in [0.15, 0.2) is 0 Å². The van der Waals surface area contributed by atoms with Gasteiger partial charge in [0.15, 0.2) is 4.51 Å². The van der Waals surface area contributed by atoms with Crippen molar-refractivity contribution in [1.82, 2.24) is 0 Å². The molecule has 0 spiro atoms. The molecule has 0 heterocycles. The molecule has 1 rings (SSSR count). The molecule has 2 unspecified atom stereocenters. The minimum atomic E-state index is -1.33. The summed E-state index contributed by atoms with van der Waals surface area (Å²) in [6.07, 6.45) is 0. The predicted octanol–water partition coefficient (Wildman–Crippen LogP) is 6.79. The lowest BCUT2D eigenvalue weighted by atomic mass is 9.96. The summed E-state index contributed by atoms with van der Waals surface area (Å²) in [5.74, 6) is 0. The fourth-order valence-corrected chi connectivity index (χ4v) is 11.6. The third-order valence-corrected chi connectivity index (χ3v) is 23.3. The van der Waals surface area contributed by atoms with Gasteiger partial charge in [-0.05, 0) is 0 Å². The van der Waals surface area contributed by atoms with E-state index in [4.69, 9.17) is 0 Å². The Morgan fingerprint density at radius 3 is 1.35 bits per heavy atom. The zero-order valence-corrected chi connectivity index (χ0v) is 23.2. The highest BCUT2D eigenvalue weighted by Crippen LogP contribution is 2.76. The monoisotopic (exact) mass is 879 g/mol. The Labute approximate surface area is 183 Å². The molecule has 2 atom stereocenters. The second-order valence-electron chi connectivity index (χ2n) is 3.38. The first kappa shape index (κ1) is 19.8. The van der Waals surface area contributed by atoms with E-state index in [0.717, 1.165) is 0 Å². The molecule has 0 bridgehead atoms. The second-order valence-corrected chi connectivity index (χ2v) is 19.4. The second kappa shape index (κ2) is 5.69. The van der Waals surface area contributed by atoms with Gasteiger partial charge in [-0.15, -0.1) is 0 Å². The molecule has 102 valence electrons. The molecule has 1 nitrogen and oxygen atoms in total. The highest BCUT2D eigenvalue weighted by Gasteiger charge is 2.79. The van der Waals surface area contributed by atoms with Crippen molar-refractivity contribution in [2.45, 2.75) is 22.3 Å². The molecular weight excluding hydrogens is 887 g/mol. The molecule has 0 aliphatic heterocycles. The number of halogens is 10. The van der Waals surface area contributed by atoms with E-state index >= 15 is 0 Å². The molecule has 11 heteroatoms. The van der Waals surface area contributed by atoms with Crippen LogP contribution in [0.2, 0.25) is 0 Å². The van der Waals surface area contributed by atoms with E-state index in [9.17, 15) is 5.11 Å². The van der Waals surface area contributed by atoms with Crippen LogP contribution in [0.3, 0.4) is 0 Å². The van der Waals surface area contributed by atoms with Gasteiger partial charge in [-0.2, -0.15) is 0 Å². The fourth-order valence-electron chi connectivity index (χ4n) is 1.19. The zero-order valence-electron chi connectivity index (χ0n) is 7.30. The summed E-state index contributed by atoms with van der Waals surface area (Å²) < 4.78 is -4.50. The molecular formula is C6H2Br10O. The topological polar surface area (TPSA) is 20.2 Å². The highest BCUT2D eigenvalue weighted by molar-refractivity contribution is 9.35. The fraction of sp³-hybridized carbons (Fsp3) is 1.00. The van der Waals surface area contributed by atoms with Crippen molar-refractivity contribution in [3.63, 3.8) is 0 Å². The van der Waals surface area contributed by atoms with Crippen molar-refractivity contribution in [3.05, 3.63) is 0 Å². The molecule has 0 amide bonds. The number of alkyl halides is 10. The largest absolute Gasteiger partial charge is 0.375 e. The Hall–Kier alpha value is 4.76. The van der Waals surface area contributed by atoms with Gasteiger partial charge in [0.1, 0.15) is 12.9 Å². The molecule has 1 fully saturated rings. The third-order valence-electron chi connectivity index (χ3n) is 2.30. The normalized spacial score (nSPS) is 42.2. The summed E-state index contributed by atoms with van der Waals surface area (Å²) in [7, 11) is 0. The maximum Gasteiger partial charge on any atom is 0.161 e. The van der Waals surface area contributed by atoms with Crippen LogP contribution in [0, 0.1) is 0 Å². The predicted molar refractivity (Wildman–Crippen MR) is 109 cm³/mol. The lowest BCUT2D eigenvalue weighted by Gasteiger charge is -2.61. The first-order chi connectivity index (χ1) is 7.15. The quantitative estimate of drug-likeness (QED) is 0.266. The summed E-state index contributed by atoms with van der Waals surface area (Å²) in [5.41, 5.74) is 0. The molecule has 0 aromatic rings. The first-order valence-electron chi connectivity index (χ1n) is 3.72. The lowest BCUT2D eigenvalue weighted by Crippen LogP contribution is -2.74.